The summed E-state index contributed by atoms with van der Waals surface area (Å²) in [7, 11) is 0. The van der Waals surface area contributed by atoms with Gasteiger partial charge in [0.15, 0.2) is 0 Å². The molecule has 0 N–H and O–H groups in total. The van der Waals surface area contributed by atoms with Crippen molar-refractivity contribution in [3.8, 4) is 0 Å². The van der Waals surface area contributed by atoms with Gasteiger partial charge >= 0.3 is 0 Å². The van der Waals surface area contributed by atoms with E-state index in [1.54, 1.807) is 23.1 Å². The first kappa shape index (κ1) is 19.9. The van der Waals surface area contributed by atoms with Gasteiger partial charge in [0, 0.05) is 26.8 Å². The van der Waals surface area contributed by atoms with Gasteiger partial charge in [0.05, 0.1) is 0 Å². The average Bonchev–Trinajstić information content (AvgIpc) is 3.53. The number of nitrogens with zero attached hydrogens (tertiary/aromatic N) is 1. The van der Waals surface area contributed by atoms with Gasteiger partial charge in [-0.1, -0.05) is 60.7 Å². The Morgan fingerprint density at radius 1 is 0.742 bits per heavy atom. The Balaban J connectivity index is 1.45. The number of thiophene rings is 1. The molecule has 4 aromatic rings. The lowest BCUT2D eigenvalue weighted by atomic mass is 10.0. The molecular formula is C27H21NOS2. The van der Waals surface area contributed by atoms with Crippen LogP contribution in [0, 0.1) is 0 Å². The molecule has 1 aromatic heterocycles. The fraction of sp³-hybridized carbons (Fsp3) is 0.0741. The Bertz CT molecular complexity index is 1150. The van der Waals surface area contributed by atoms with Crippen molar-refractivity contribution < 1.29 is 4.79 Å². The summed E-state index contributed by atoms with van der Waals surface area (Å²) in [6.07, 6.45) is 4.03. The largest absolute Gasteiger partial charge is 0.311 e. The van der Waals surface area contributed by atoms with Crippen LogP contribution in [-0.4, -0.2) is 6.29 Å². The number of hydrogen-bond donors (Lipinski definition) is 0. The molecule has 3 aromatic carbocycles. The minimum absolute atomic E-state index is 0.484. The second-order valence-corrected chi connectivity index (χ2v) is 9.73. The first-order chi connectivity index (χ1) is 15.3. The Morgan fingerprint density at radius 3 is 1.90 bits per heavy atom. The van der Waals surface area contributed by atoms with Crippen LogP contribution in [0.25, 0.3) is 4.91 Å². The van der Waals surface area contributed by atoms with Crippen molar-refractivity contribution in [3.05, 3.63) is 119 Å². The third-order valence-electron chi connectivity index (χ3n) is 5.45. The average molecular weight is 440 g/mol. The van der Waals surface area contributed by atoms with E-state index < -0.39 is 4.75 Å². The molecule has 2 nitrogen and oxygen atoms in total. The molecule has 0 amide bonds. The van der Waals surface area contributed by atoms with E-state index in [0.29, 0.717) is 0 Å². The number of hydrogen-bond acceptors (Lipinski definition) is 4. The lowest BCUT2D eigenvalue weighted by molar-refractivity contribution is -0.109. The molecule has 5 rings (SSSR count). The van der Waals surface area contributed by atoms with Crippen LogP contribution in [0.1, 0.15) is 16.9 Å². The second-order valence-electron chi connectivity index (χ2n) is 7.41. The van der Waals surface area contributed by atoms with Gasteiger partial charge in [0.1, 0.15) is 11.0 Å². The van der Waals surface area contributed by atoms with Crippen LogP contribution in [0.5, 0.6) is 0 Å². The molecule has 0 fully saturated rings. The van der Waals surface area contributed by atoms with E-state index in [2.05, 4.69) is 89.8 Å². The molecule has 0 radical (unpaired) electrons. The van der Waals surface area contributed by atoms with E-state index in [1.807, 2.05) is 23.6 Å². The number of aldehydes is 1. The van der Waals surface area contributed by atoms with Crippen LogP contribution in [-0.2, 0) is 9.54 Å². The number of benzene rings is 3. The van der Waals surface area contributed by atoms with E-state index in [4.69, 9.17) is 0 Å². The quantitative estimate of drug-likeness (QED) is 0.286. The molecule has 2 heterocycles. The lowest BCUT2D eigenvalue weighted by Gasteiger charge is -2.25. The molecule has 0 spiro atoms. The Labute approximate surface area is 190 Å². The fourth-order valence-corrected chi connectivity index (χ4v) is 6.13. The van der Waals surface area contributed by atoms with Gasteiger partial charge in [-0.15, -0.1) is 23.1 Å². The summed E-state index contributed by atoms with van der Waals surface area (Å²) in [5, 5.41) is 2.04. The number of carbonyl (C=O) groups is 1. The Kier molecular flexibility index (Phi) is 5.49. The van der Waals surface area contributed by atoms with E-state index >= 15 is 0 Å². The number of anilines is 3. The maximum Gasteiger partial charge on any atom is 0.142 e. The summed E-state index contributed by atoms with van der Waals surface area (Å²) in [6, 6.07) is 33.5. The Morgan fingerprint density at radius 2 is 1.35 bits per heavy atom. The molecular weight excluding hydrogens is 418 g/mol. The molecule has 152 valence electrons. The van der Waals surface area contributed by atoms with E-state index in [-0.39, 0.29) is 0 Å². The van der Waals surface area contributed by atoms with Crippen molar-refractivity contribution in [1.29, 1.82) is 0 Å². The zero-order valence-corrected chi connectivity index (χ0v) is 18.5. The summed E-state index contributed by atoms with van der Waals surface area (Å²) >= 11 is 3.32. The molecule has 0 saturated heterocycles. The highest BCUT2D eigenvalue weighted by atomic mass is 32.2. The highest BCUT2D eigenvalue weighted by Crippen LogP contribution is 2.53. The molecule has 0 aliphatic carbocycles. The van der Waals surface area contributed by atoms with Crippen molar-refractivity contribution in [2.75, 3.05) is 4.90 Å². The molecule has 4 heteroatoms. The summed E-state index contributed by atoms with van der Waals surface area (Å²) in [5.74, 6) is 0. The zero-order chi connectivity index (χ0) is 21.1. The maximum atomic E-state index is 12.0. The molecule has 0 saturated carbocycles. The number of rotatable bonds is 6. The van der Waals surface area contributed by atoms with E-state index in [9.17, 15) is 4.79 Å². The molecule has 1 atom stereocenters. The maximum absolute atomic E-state index is 12.0. The van der Waals surface area contributed by atoms with Gasteiger partial charge in [0.25, 0.3) is 0 Å². The number of para-hydroxylation sites is 2. The predicted molar refractivity (Wildman–Crippen MR) is 133 cm³/mol. The molecule has 31 heavy (non-hydrogen) atoms. The highest BCUT2D eigenvalue weighted by molar-refractivity contribution is 8.10. The summed E-state index contributed by atoms with van der Waals surface area (Å²) in [5.41, 5.74) is 4.49. The third-order valence-corrected chi connectivity index (χ3v) is 8.10. The van der Waals surface area contributed by atoms with Crippen LogP contribution in [0.15, 0.2) is 109 Å². The third kappa shape index (κ3) is 3.85. The van der Waals surface area contributed by atoms with Gasteiger partial charge < -0.3 is 9.69 Å². The van der Waals surface area contributed by atoms with Crippen molar-refractivity contribution in [2.45, 2.75) is 11.2 Å². The van der Waals surface area contributed by atoms with Crippen LogP contribution < -0.4 is 4.90 Å². The first-order valence-corrected chi connectivity index (χ1v) is 11.9. The van der Waals surface area contributed by atoms with Gasteiger partial charge in [0.2, 0.25) is 0 Å². The normalized spacial score (nSPS) is 17.9. The first-order valence-electron chi connectivity index (χ1n) is 10.2. The predicted octanol–water partition coefficient (Wildman–Crippen LogP) is 7.79. The van der Waals surface area contributed by atoms with Crippen LogP contribution in [0.3, 0.4) is 0 Å². The summed E-state index contributed by atoms with van der Waals surface area (Å²) < 4.78 is -0.484. The van der Waals surface area contributed by atoms with Gasteiger partial charge in [-0.25, -0.2) is 0 Å². The van der Waals surface area contributed by atoms with Gasteiger partial charge in [-0.2, -0.15) is 0 Å². The summed E-state index contributed by atoms with van der Waals surface area (Å²) in [4.78, 5) is 16.5. The standard InChI is InChI=1S/C27H21NOS2/c29-20-27(26-12-7-19-30-26)18-17-25(31-27)21-13-15-24(16-14-21)28(22-8-3-1-4-9-22)23-10-5-2-6-11-23/h1-17,19-20H,18H2. The number of carbonyl (C=O) groups excluding carboxylic acids is 1. The lowest BCUT2D eigenvalue weighted by Crippen LogP contribution is -2.18. The monoisotopic (exact) mass is 439 g/mol. The van der Waals surface area contributed by atoms with Crippen LogP contribution in [0.4, 0.5) is 17.1 Å². The van der Waals surface area contributed by atoms with Crippen LogP contribution >= 0.6 is 23.1 Å². The number of allylic oxidation sites excluding steroid dienone is 1. The van der Waals surface area contributed by atoms with Crippen molar-refractivity contribution in [1.82, 2.24) is 0 Å². The highest BCUT2D eigenvalue weighted by Gasteiger charge is 2.38. The SMILES string of the molecule is O=CC1(c2cccs2)CC=C(c2ccc(N(c3ccccc3)c3ccccc3)cc2)S1. The smallest absolute Gasteiger partial charge is 0.142 e. The topological polar surface area (TPSA) is 20.3 Å². The molecule has 1 unspecified atom stereocenters. The second kappa shape index (κ2) is 8.58. The van der Waals surface area contributed by atoms with Gasteiger partial charge in [-0.3, -0.25) is 0 Å². The zero-order valence-electron chi connectivity index (χ0n) is 16.8. The molecule has 1 aliphatic rings. The molecule has 0 bridgehead atoms. The van der Waals surface area contributed by atoms with Crippen molar-refractivity contribution in [3.63, 3.8) is 0 Å². The van der Waals surface area contributed by atoms with Crippen molar-refractivity contribution >= 4 is 51.4 Å². The van der Waals surface area contributed by atoms with Crippen molar-refractivity contribution in [2.24, 2.45) is 0 Å². The van der Waals surface area contributed by atoms with Gasteiger partial charge in [-0.05, 0) is 59.8 Å². The number of thioether (sulfide) groups is 1. The minimum Gasteiger partial charge on any atom is -0.311 e. The molecule has 1 aliphatic heterocycles. The summed E-state index contributed by atoms with van der Waals surface area (Å²) in [6.45, 7) is 0. The Hall–Kier alpha value is -3.08. The van der Waals surface area contributed by atoms with E-state index in [0.717, 1.165) is 45.1 Å². The van der Waals surface area contributed by atoms with E-state index in [1.165, 1.54) is 0 Å². The van der Waals surface area contributed by atoms with Crippen LogP contribution in [0.2, 0.25) is 0 Å². The fourth-order valence-electron chi connectivity index (χ4n) is 3.88. The minimum atomic E-state index is -0.484.